The Kier molecular flexibility index (Phi) is 4.50. The minimum Gasteiger partial charge on any atom is -0.445 e. The van der Waals surface area contributed by atoms with Gasteiger partial charge in [-0.2, -0.15) is 0 Å². The normalized spacial score (nSPS) is 9.50. The number of carbonyl (C=O) groups excluding carboxylic acids is 1. The van der Waals surface area contributed by atoms with Gasteiger partial charge in [0.25, 0.3) is 0 Å². The summed E-state index contributed by atoms with van der Waals surface area (Å²) in [6.45, 7) is 0.435. The van der Waals surface area contributed by atoms with Gasteiger partial charge in [-0.25, -0.2) is 4.79 Å². The number of carbonyl (C=O) groups is 1. The summed E-state index contributed by atoms with van der Waals surface area (Å²) in [7, 11) is 1.50. The number of hydrogen-bond acceptors (Lipinski definition) is 3. The van der Waals surface area contributed by atoms with Crippen LogP contribution in [0.25, 0.3) is 0 Å². The summed E-state index contributed by atoms with van der Waals surface area (Å²) < 4.78 is 9.55. The summed E-state index contributed by atoms with van der Waals surface area (Å²) in [6, 6.07) is 9.49. The van der Waals surface area contributed by atoms with E-state index < -0.39 is 6.09 Å². The second kappa shape index (κ2) is 5.99. The molecule has 1 aromatic carbocycles. The van der Waals surface area contributed by atoms with Crippen LogP contribution in [0, 0.1) is 0 Å². The van der Waals surface area contributed by atoms with E-state index in [0.29, 0.717) is 0 Å². The number of rotatable bonds is 4. The number of hydrogen-bond donors (Lipinski definition) is 1. The average Bonchev–Trinajstić information content (AvgIpc) is 2.25. The molecular weight excluding hydrogens is 182 g/mol. The maximum atomic E-state index is 11.0. The van der Waals surface area contributed by atoms with Gasteiger partial charge in [-0.15, -0.1) is 0 Å². The lowest BCUT2D eigenvalue weighted by Crippen LogP contribution is -2.25. The van der Waals surface area contributed by atoms with Crippen molar-refractivity contribution in [3.8, 4) is 0 Å². The number of benzene rings is 1. The van der Waals surface area contributed by atoms with Gasteiger partial charge in [-0.1, -0.05) is 30.3 Å². The summed E-state index contributed by atoms with van der Waals surface area (Å²) in [5, 5.41) is 2.42. The van der Waals surface area contributed by atoms with Gasteiger partial charge in [0.05, 0.1) is 0 Å². The van der Waals surface area contributed by atoms with Crippen molar-refractivity contribution >= 4 is 6.09 Å². The van der Waals surface area contributed by atoms with E-state index >= 15 is 0 Å². The number of amides is 1. The Balaban J connectivity index is 2.24. The lowest BCUT2D eigenvalue weighted by molar-refractivity contribution is 0.115. The Bertz CT molecular complexity index is 274. The molecule has 0 aliphatic carbocycles. The van der Waals surface area contributed by atoms with Crippen LogP contribution in [-0.4, -0.2) is 19.9 Å². The van der Waals surface area contributed by atoms with E-state index in [4.69, 9.17) is 4.74 Å². The van der Waals surface area contributed by atoms with Crippen LogP contribution < -0.4 is 5.32 Å². The molecule has 1 aromatic rings. The second-order valence-corrected chi connectivity index (χ2v) is 2.67. The second-order valence-electron chi connectivity index (χ2n) is 2.67. The zero-order chi connectivity index (χ0) is 10.2. The highest BCUT2D eigenvalue weighted by Crippen LogP contribution is 2.00. The van der Waals surface area contributed by atoms with Crippen LogP contribution in [0.5, 0.6) is 0 Å². The highest BCUT2D eigenvalue weighted by molar-refractivity contribution is 5.66. The Morgan fingerprint density at radius 3 is 2.71 bits per heavy atom. The molecule has 0 heterocycles. The molecule has 0 saturated carbocycles. The Morgan fingerprint density at radius 2 is 2.07 bits per heavy atom. The average molecular weight is 195 g/mol. The molecule has 0 unspecified atom stereocenters. The van der Waals surface area contributed by atoms with Gasteiger partial charge in [0.15, 0.2) is 0 Å². The monoisotopic (exact) mass is 195 g/mol. The fraction of sp³-hybridized carbons (Fsp3) is 0.300. The van der Waals surface area contributed by atoms with Crippen LogP contribution in [0.3, 0.4) is 0 Å². The molecule has 0 fully saturated rings. The first-order valence-electron chi connectivity index (χ1n) is 4.26. The first-order valence-corrected chi connectivity index (χ1v) is 4.26. The molecule has 0 saturated heterocycles. The van der Waals surface area contributed by atoms with E-state index in [1.807, 2.05) is 30.3 Å². The molecular formula is C10H13NO3. The molecule has 1 rings (SSSR count). The van der Waals surface area contributed by atoms with Crippen molar-refractivity contribution in [2.45, 2.75) is 6.61 Å². The van der Waals surface area contributed by atoms with Crippen molar-refractivity contribution in [2.24, 2.45) is 0 Å². The Morgan fingerprint density at radius 1 is 1.36 bits per heavy atom. The molecule has 0 atom stereocenters. The smallest absolute Gasteiger partial charge is 0.409 e. The molecule has 0 radical (unpaired) electrons. The quantitative estimate of drug-likeness (QED) is 0.741. The number of nitrogens with one attached hydrogen (secondary N) is 1. The van der Waals surface area contributed by atoms with Gasteiger partial charge in [0, 0.05) is 7.11 Å². The third-order valence-corrected chi connectivity index (χ3v) is 1.57. The molecule has 0 spiro atoms. The van der Waals surface area contributed by atoms with Crippen LogP contribution in [-0.2, 0) is 16.1 Å². The van der Waals surface area contributed by atoms with Crippen LogP contribution in [0.1, 0.15) is 5.56 Å². The summed E-state index contributed by atoms with van der Waals surface area (Å²) in [4.78, 5) is 11.0. The molecule has 1 amide bonds. The largest absolute Gasteiger partial charge is 0.445 e. The third-order valence-electron chi connectivity index (χ3n) is 1.57. The van der Waals surface area contributed by atoms with Gasteiger partial charge in [0.2, 0.25) is 0 Å². The van der Waals surface area contributed by atoms with Crippen LogP contribution in [0.4, 0.5) is 4.79 Å². The number of ether oxygens (including phenoxy) is 2. The SMILES string of the molecule is COCNC(=O)OCc1ccccc1. The Hall–Kier alpha value is -1.55. The topological polar surface area (TPSA) is 47.6 Å². The summed E-state index contributed by atoms with van der Waals surface area (Å²) >= 11 is 0. The van der Waals surface area contributed by atoms with Gasteiger partial charge < -0.3 is 9.47 Å². The third kappa shape index (κ3) is 3.91. The van der Waals surface area contributed by atoms with Crippen molar-refractivity contribution in [2.75, 3.05) is 13.8 Å². The standard InChI is InChI=1S/C10H13NO3/c1-13-8-11-10(12)14-7-9-5-3-2-4-6-9/h2-6H,7-8H2,1H3,(H,11,12). The predicted molar refractivity (Wildman–Crippen MR) is 51.6 cm³/mol. The fourth-order valence-corrected chi connectivity index (χ4v) is 0.905. The van der Waals surface area contributed by atoms with E-state index in [2.05, 4.69) is 10.1 Å². The lowest BCUT2D eigenvalue weighted by atomic mass is 10.2. The Labute approximate surface area is 82.8 Å². The minimum absolute atomic E-state index is 0.160. The van der Waals surface area contributed by atoms with E-state index in [0.717, 1.165) is 5.56 Å². The maximum Gasteiger partial charge on any atom is 0.409 e. The van der Waals surface area contributed by atoms with Crippen molar-refractivity contribution in [3.05, 3.63) is 35.9 Å². The molecule has 0 bridgehead atoms. The lowest BCUT2D eigenvalue weighted by Gasteiger charge is -2.05. The molecule has 0 aromatic heterocycles. The highest BCUT2D eigenvalue weighted by Gasteiger charge is 2.00. The van der Waals surface area contributed by atoms with Gasteiger partial charge in [-0.3, -0.25) is 5.32 Å². The van der Waals surface area contributed by atoms with E-state index in [1.165, 1.54) is 7.11 Å². The van der Waals surface area contributed by atoms with Crippen molar-refractivity contribution < 1.29 is 14.3 Å². The van der Waals surface area contributed by atoms with Gasteiger partial charge >= 0.3 is 6.09 Å². The highest BCUT2D eigenvalue weighted by atomic mass is 16.6. The van der Waals surface area contributed by atoms with Crippen LogP contribution in [0.15, 0.2) is 30.3 Å². The molecule has 14 heavy (non-hydrogen) atoms. The number of alkyl carbamates (subject to hydrolysis) is 1. The fourth-order valence-electron chi connectivity index (χ4n) is 0.905. The maximum absolute atomic E-state index is 11.0. The van der Waals surface area contributed by atoms with E-state index in [1.54, 1.807) is 0 Å². The summed E-state index contributed by atoms with van der Waals surface area (Å²) in [6.07, 6.45) is -0.476. The van der Waals surface area contributed by atoms with Gasteiger partial charge in [0.1, 0.15) is 13.3 Å². The van der Waals surface area contributed by atoms with Crippen molar-refractivity contribution in [1.82, 2.24) is 5.32 Å². The number of methoxy groups -OCH3 is 1. The molecule has 4 nitrogen and oxygen atoms in total. The predicted octanol–water partition coefficient (Wildman–Crippen LogP) is 1.52. The molecule has 76 valence electrons. The minimum atomic E-state index is -0.476. The van der Waals surface area contributed by atoms with Crippen molar-refractivity contribution in [3.63, 3.8) is 0 Å². The van der Waals surface area contributed by atoms with Crippen LogP contribution in [0.2, 0.25) is 0 Å². The van der Waals surface area contributed by atoms with E-state index in [-0.39, 0.29) is 13.3 Å². The first kappa shape index (κ1) is 10.5. The molecule has 1 N–H and O–H groups in total. The first-order chi connectivity index (χ1) is 6.83. The van der Waals surface area contributed by atoms with Gasteiger partial charge in [-0.05, 0) is 5.56 Å². The molecule has 0 aliphatic rings. The zero-order valence-electron chi connectivity index (χ0n) is 8.03. The summed E-state index contributed by atoms with van der Waals surface area (Å²) in [5.74, 6) is 0. The van der Waals surface area contributed by atoms with E-state index in [9.17, 15) is 4.79 Å². The van der Waals surface area contributed by atoms with Crippen molar-refractivity contribution in [1.29, 1.82) is 0 Å². The zero-order valence-corrected chi connectivity index (χ0v) is 8.03. The molecule has 4 heteroatoms. The summed E-state index contributed by atoms with van der Waals surface area (Å²) in [5.41, 5.74) is 0.958. The van der Waals surface area contributed by atoms with Crippen LogP contribution >= 0.6 is 0 Å². The molecule has 0 aliphatic heterocycles.